The minimum absolute atomic E-state index is 0.0882. The summed E-state index contributed by atoms with van der Waals surface area (Å²) in [6.45, 7) is 0.453. The topological polar surface area (TPSA) is 194 Å². The van der Waals surface area contributed by atoms with Crippen LogP contribution in [-0.2, 0) is 14.1 Å². The van der Waals surface area contributed by atoms with E-state index in [1.165, 1.54) is 30.5 Å². The van der Waals surface area contributed by atoms with Crippen LogP contribution in [0.15, 0.2) is 97.8 Å². The van der Waals surface area contributed by atoms with Crippen LogP contribution in [0.1, 0.15) is 23.2 Å². The van der Waals surface area contributed by atoms with Gasteiger partial charge >= 0.3 is 0 Å². The lowest BCUT2D eigenvalue weighted by molar-refractivity contribution is 0.264. The average molecular weight is 967 g/mol. The Kier molecular flexibility index (Phi) is 13.9. The largest absolute Gasteiger partial charge is 0.486 e. The van der Waals surface area contributed by atoms with Crippen molar-refractivity contribution in [2.24, 2.45) is 14.1 Å². The number of nitrogens with one attached hydrogen (secondary N) is 1. The number of ether oxygens (including phenoxy) is 4. The first-order valence-corrected chi connectivity index (χ1v) is 21.2. The molecule has 0 aliphatic carbocycles. The fraction of sp³-hybridized carbons (Fsp3) is 0.217. The van der Waals surface area contributed by atoms with Crippen LogP contribution in [0.4, 0.5) is 46.8 Å². The highest BCUT2D eigenvalue weighted by Crippen LogP contribution is 2.39. The smallest absolute Gasteiger partial charge is 0.230 e. The first-order chi connectivity index (χ1) is 33.2. The highest BCUT2D eigenvalue weighted by molar-refractivity contribution is 6.28. The Morgan fingerprint density at radius 2 is 1.10 bits per heavy atom. The number of benzene rings is 2. The van der Waals surface area contributed by atoms with Crippen LogP contribution in [0.5, 0.6) is 23.3 Å². The molecule has 3 N–H and O–H groups in total. The summed E-state index contributed by atoms with van der Waals surface area (Å²) < 4.78 is 79.5. The minimum Gasteiger partial charge on any atom is -0.486 e. The van der Waals surface area contributed by atoms with Crippen molar-refractivity contribution in [2.75, 3.05) is 62.4 Å². The number of rotatable bonds is 8. The molecule has 356 valence electrons. The van der Waals surface area contributed by atoms with Gasteiger partial charge in [-0.05, 0) is 71.3 Å². The molecule has 6 aromatic heterocycles. The molecule has 10 rings (SSSR count). The quantitative estimate of drug-likeness (QED) is 0.110. The number of methoxy groups -OCH3 is 2. The van der Waals surface area contributed by atoms with Crippen LogP contribution >= 0.6 is 11.6 Å². The summed E-state index contributed by atoms with van der Waals surface area (Å²) in [7, 11) is 10.4. The van der Waals surface area contributed by atoms with Crippen molar-refractivity contribution in [2.45, 2.75) is 12.1 Å². The number of aryl methyl sites for hydroxylation is 2. The standard InChI is InChI=1S/C23H21F2N7O2.C13H10ClF2N3O.C10H12N4O/c1-31-11-14(9-27-31)17-4-5-20(28-22(17)33-3)29-23-26-10-19-21(30-23)32(2)18(12-34-19)13-6-15(24)8-16(25)7-13;1-19-10(7-2-8(15)4-9(16)3-7)6-20-11-5-17-13(14)18-12(11)19;1-14-6-7(5-12-14)8-3-4-9(11)13-10(8)15-2/h4-11,18H,12H2,1-3H3,(H,26,28,29,30);2-5,10H,6H2,1H3;3-6H,1-2H3,(H2,11,13). The maximum Gasteiger partial charge on any atom is 0.230 e. The monoisotopic (exact) mass is 966 g/mol. The van der Waals surface area contributed by atoms with Gasteiger partial charge in [-0.2, -0.15) is 30.1 Å². The lowest BCUT2D eigenvalue weighted by Crippen LogP contribution is -2.34. The number of nitrogen functional groups attached to an aromatic ring is 1. The summed E-state index contributed by atoms with van der Waals surface area (Å²) in [6, 6.07) is 13.3. The van der Waals surface area contributed by atoms with Crippen LogP contribution < -0.4 is 39.8 Å². The lowest BCUT2D eigenvalue weighted by Gasteiger charge is -2.35. The van der Waals surface area contributed by atoms with E-state index in [-0.39, 0.29) is 30.5 Å². The van der Waals surface area contributed by atoms with Gasteiger partial charge in [-0.3, -0.25) is 9.36 Å². The van der Waals surface area contributed by atoms with Gasteiger partial charge < -0.3 is 39.8 Å². The summed E-state index contributed by atoms with van der Waals surface area (Å²) in [5.41, 5.74) is 10.0. The maximum absolute atomic E-state index is 13.8. The Hall–Kier alpha value is -8.27. The van der Waals surface area contributed by atoms with Crippen LogP contribution in [0.3, 0.4) is 0 Å². The Bertz CT molecular complexity index is 3080. The van der Waals surface area contributed by atoms with Crippen molar-refractivity contribution in [1.82, 2.24) is 49.5 Å². The third kappa shape index (κ3) is 10.8. The Morgan fingerprint density at radius 1 is 0.623 bits per heavy atom. The van der Waals surface area contributed by atoms with Crippen LogP contribution in [0.25, 0.3) is 22.3 Å². The molecule has 2 unspecified atom stereocenters. The summed E-state index contributed by atoms with van der Waals surface area (Å²) in [5.74, 6) is 1.54. The zero-order valence-corrected chi connectivity index (χ0v) is 38.5. The van der Waals surface area contributed by atoms with E-state index in [2.05, 4.69) is 45.4 Å². The van der Waals surface area contributed by atoms with E-state index in [1.54, 1.807) is 78.2 Å². The van der Waals surface area contributed by atoms with E-state index >= 15 is 0 Å². The van der Waals surface area contributed by atoms with Crippen molar-refractivity contribution >= 4 is 40.8 Å². The van der Waals surface area contributed by atoms with Gasteiger partial charge in [0.2, 0.25) is 23.0 Å². The van der Waals surface area contributed by atoms with Gasteiger partial charge in [0.05, 0.1) is 51.1 Å². The number of nitrogens with two attached hydrogens (primary N) is 1. The van der Waals surface area contributed by atoms with Crippen LogP contribution in [0, 0.1) is 23.3 Å². The summed E-state index contributed by atoms with van der Waals surface area (Å²) in [4.78, 5) is 28.9. The third-order valence-corrected chi connectivity index (χ3v) is 11.0. The molecule has 0 radical (unpaired) electrons. The van der Waals surface area contributed by atoms with E-state index in [0.29, 0.717) is 57.7 Å². The average Bonchev–Trinajstić information content (AvgIpc) is 3.96. The first-order valence-electron chi connectivity index (χ1n) is 20.8. The van der Waals surface area contributed by atoms with Gasteiger partial charge in [-0.1, -0.05) is 0 Å². The SMILES string of the molecule is CN1c2nc(Cl)ncc2OCC1c1cc(F)cc(F)c1.COc1nc(N)ccc1-c1cnn(C)c1.COc1nc(Nc2ncc3c(n2)N(C)C(c2cc(F)cc(F)c2)CO3)ccc1-c1cnn(C)c1. The first kappa shape index (κ1) is 47.2. The number of pyridine rings is 2. The second-order valence-electron chi connectivity index (χ2n) is 15.5. The molecule has 23 heteroatoms. The number of likely N-dealkylation sites (N-methyl/N-ethyl adjacent to an activating group) is 2. The molecule has 8 heterocycles. The van der Waals surface area contributed by atoms with Crippen LogP contribution in [0.2, 0.25) is 5.28 Å². The predicted molar refractivity (Wildman–Crippen MR) is 249 cm³/mol. The number of anilines is 5. The van der Waals surface area contributed by atoms with Crippen molar-refractivity contribution in [3.8, 4) is 45.5 Å². The second-order valence-corrected chi connectivity index (χ2v) is 15.8. The van der Waals surface area contributed by atoms with Crippen molar-refractivity contribution < 1.29 is 36.5 Å². The molecule has 0 spiro atoms. The molecule has 0 bridgehead atoms. The van der Waals surface area contributed by atoms with E-state index in [9.17, 15) is 17.6 Å². The molecule has 0 saturated carbocycles. The minimum atomic E-state index is -0.644. The van der Waals surface area contributed by atoms with E-state index < -0.39 is 29.3 Å². The number of hydrogen-bond acceptors (Lipinski definition) is 16. The Labute approximate surface area is 397 Å². The predicted octanol–water partition coefficient (Wildman–Crippen LogP) is 7.92. The number of hydrogen-bond donors (Lipinski definition) is 2. The molecule has 0 fully saturated rings. The fourth-order valence-electron chi connectivity index (χ4n) is 7.45. The molecule has 8 aromatic rings. The van der Waals surface area contributed by atoms with E-state index in [0.717, 1.165) is 34.4 Å². The Balaban J connectivity index is 0.000000155. The maximum atomic E-state index is 13.8. The molecular formula is C46H43ClF4N14O4. The number of halogens is 5. The van der Waals surface area contributed by atoms with Gasteiger partial charge in [0, 0.05) is 75.0 Å². The van der Waals surface area contributed by atoms with Gasteiger partial charge in [-0.25, -0.2) is 27.5 Å². The highest BCUT2D eigenvalue weighted by Gasteiger charge is 2.30. The normalized spacial score (nSPS) is 14.7. The fourth-order valence-corrected chi connectivity index (χ4v) is 7.58. The number of fused-ring (bicyclic) bond motifs is 2. The van der Waals surface area contributed by atoms with Gasteiger partial charge in [0.1, 0.15) is 48.1 Å². The summed E-state index contributed by atoms with van der Waals surface area (Å²) in [6.07, 6.45) is 10.3. The molecule has 69 heavy (non-hydrogen) atoms. The van der Waals surface area contributed by atoms with Gasteiger partial charge in [0.25, 0.3) is 0 Å². The zero-order valence-electron chi connectivity index (χ0n) is 37.8. The molecule has 0 saturated heterocycles. The zero-order chi connectivity index (χ0) is 48.9. The molecule has 2 aromatic carbocycles. The number of aromatic nitrogens is 10. The number of nitrogens with zero attached hydrogens (tertiary/aromatic N) is 12. The molecule has 2 aliphatic rings. The molecule has 2 atom stereocenters. The second kappa shape index (κ2) is 20.3. The molecule has 18 nitrogen and oxygen atoms in total. The molecule has 0 amide bonds. The van der Waals surface area contributed by atoms with Gasteiger partial charge in [0.15, 0.2) is 23.1 Å². The summed E-state index contributed by atoms with van der Waals surface area (Å²) in [5, 5.41) is 11.4. The molecular weight excluding hydrogens is 924 g/mol. The van der Waals surface area contributed by atoms with Crippen molar-refractivity contribution in [1.29, 1.82) is 0 Å². The Morgan fingerprint density at radius 3 is 1.59 bits per heavy atom. The third-order valence-electron chi connectivity index (χ3n) is 10.8. The molecule has 2 aliphatic heterocycles. The lowest BCUT2D eigenvalue weighted by atomic mass is 10.0. The van der Waals surface area contributed by atoms with Crippen LogP contribution in [-0.4, -0.2) is 91.0 Å². The highest BCUT2D eigenvalue weighted by atomic mass is 35.5. The van der Waals surface area contributed by atoms with Gasteiger partial charge in [-0.15, -0.1) is 0 Å². The summed E-state index contributed by atoms with van der Waals surface area (Å²) >= 11 is 5.76. The van der Waals surface area contributed by atoms with E-state index in [4.69, 9.17) is 36.3 Å². The van der Waals surface area contributed by atoms with Crippen molar-refractivity contribution in [3.05, 3.63) is 138 Å². The van der Waals surface area contributed by atoms with Crippen molar-refractivity contribution in [3.63, 3.8) is 0 Å². The van der Waals surface area contributed by atoms with E-state index in [1.807, 2.05) is 38.6 Å².